The fourth-order valence-electron chi connectivity index (χ4n) is 1.59. The molecule has 1 aromatic carbocycles. The molecule has 0 amide bonds. The first-order valence-electron chi connectivity index (χ1n) is 3.74. The van der Waals surface area contributed by atoms with E-state index >= 15 is 0 Å². The molecule has 2 rings (SSSR count). The highest BCUT2D eigenvalue weighted by Crippen LogP contribution is 2.34. The lowest BCUT2D eigenvalue weighted by molar-refractivity contribution is 0.180. The van der Waals surface area contributed by atoms with E-state index in [9.17, 15) is 5.11 Å². The van der Waals surface area contributed by atoms with Crippen LogP contribution in [0.15, 0.2) is 18.2 Å². The van der Waals surface area contributed by atoms with Crippen LogP contribution in [0, 0.1) is 0 Å². The molecule has 0 bridgehead atoms. The van der Waals surface area contributed by atoms with Crippen LogP contribution in [-0.2, 0) is 6.42 Å². The van der Waals surface area contributed by atoms with Gasteiger partial charge in [-0.1, -0.05) is 23.7 Å². The van der Waals surface area contributed by atoms with Gasteiger partial charge in [0.25, 0.3) is 0 Å². The van der Waals surface area contributed by atoms with E-state index in [1.807, 2.05) is 18.2 Å². The van der Waals surface area contributed by atoms with E-state index in [-0.39, 0.29) is 6.10 Å². The smallest absolute Gasteiger partial charge is 0.0796 e. The van der Waals surface area contributed by atoms with Crippen LogP contribution in [0.1, 0.15) is 23.7 Å². The van der Waals surface area contributed by atoms with Crippen LogP contribution >= 0.6 is 11.6 Å². The molecule has 0 unspecified atom stereocenters. The summed E-state index contributed by atoms with van der Waals surface area (Å²) in [5.74, 6) is 0. The molecule has 0 fully saturated rings. The quantitative estimate of drug-likeness (QED) is 0.631. The maximum Gasteiger partial charge on any atom is 0.0796 e. The third-order valence-electron chi connectivity index (χ3n) is 2.18. The Balaban J connectivity index is 2.57. The van der Waals surface area contributed by atoms with Crippen molar-refractivity contribution in [3.8, 4) is 0 Å². The number of fused-ring (bicyclic) bond motifs is 1. The molecule has 0 saturated carbocycles. The second kappa shape index (κ2) is 2.50. The van der Waals surface area contributed by atoms with E-state index in [4.69, 9.17) is 11.6 Å². The first kappa shape index (κ1) is 7.14. The van der Waals surface area contributed by atoms with Gasteiger partial charge in [0, 0.05) is 5.02 Å². The molecule has 1 aliphatic rings. The lowest BCUT2D eigenvalue weighted by atomic mass is 10.1. The third-order valence-corrected chi connectivity index (χ3v) is 2.54. The zero-order chi connectivity index (χ0) is 7.84. The van der Waals surface area contributed by atoms with Crippen molar-refractivity contribution in [3.63, 3.8) is 0 Å². The second-order valence-electron chi connectivity index (χ2n) is 2.86. The van der Waals surface area contributed by atoms with Gasteiger partial charge in [0.2, 0.25) is 0 Å². The summed E-state index contributed by atoms with van der Waals surface area (Å²) in [6.07, 6.45) is 1.44. The van der Waals surface area contributed by atoms with Crippen LogP contribution in [-0.4, -0.2) is 5.11 Å². The summed E-state index contributed by atoms with van der Waals surface area (Å²) >= 11 is 5.92. The Hall–Kier alpha value is -0.530. The minimum Gasteiger partial charge on any atom is -0.388 e. The van der Waals surface area contributed by atoms with Crippen LogP contribution in [0.25, 0.3) is 0 Å². The number of halogens is 1. The maximum absolute atomic E-state index is 9.45. The van der Waals surface area contributed by atoms with Crippen molar-refractivity contribution in [1.29, 1.82) is 0 Å². The van der Waals surface area contributed by atoms with Gasteiger partial charge in [-0.15, -0.1) is 0 Å². The fourth-order valence-corrected chi connectivity index (χ4v) is 1.86. The molecule has 11 heavy (non-hydrogen) atoms. The Morgan fingerprint density at radius 1 is 1.45 bits per heavy atom. The predicted molar refractivity (Wildman–Crippen MR) is 44.7 cm³/mol. The standard InChI is InChI=1S/C9H9ClO/c10-8-3-1-2-7-6(8)4-5-9(7)11/h1-3,9,11H,4-5H2/t9-/m1/s1. The largest absolute Gasteiger partial charge is 0.388 e. The zero-order valence-electron chi connectivity index (χ0n) is 6.05. The Kier molecular flexibility index (Phi) is 1.63. The van der Waals surface area contributed by atoms with Crippen molar-refractivity contribution in [2.45, 2.75) is 18.9 Å². The highest BCUT2D eigenvalue weighted by molar-refractivity contribution is 6.31. The molecule has 1 N–H and O–H groups in total. The van der Waals surface area contributed by atoms with E-state index in [2.05, 4.69) is 0 Å². The molecular weight excluding hydrogens is 160 g/mol. The van der Waals surface area contributed by atoms with Crippen molar-refractivity contribution in [2.24, 2.45) is 0 Å². The molecular formula is C9H9ClO. The monoisotopic (exact) mass is 168 g/mol. The van der Waals surface area contributed by atoms with Gasteiger partial charge in [0.05, 0.1) is 6.10 Å². The maximum atomic E-state index is 9.45. The molecule has 0 saturated heterocycles. The lowest BCUT2D eigenvalue weighted by Crippen LogP contribution is -1.89. The van der Waals surface area contributed by atoms with Crippen LogP contribution in [0.3, 0.4) is 0 Å². The van der Waals surface area contributed by atoms with Crippen molar-refractivity contribution in [2.75, 3.05) is 0 Å². The summed E-state index contributed by atoms with van der Waals surface area (Å²) in [6, 6.07) is 5.70. The van der Waals surface area contributed by atoms with Crippen LogP contribution in [0.2, 0.25) is 5.02 Å². The van der Waals surface area contributed by atoms with Crippen LogP contribution in [0.4, 0.5) is 0 Å². The first-order valence-corrected chi connectivity index (χ1v) is 4.12. The number of aliphatic hydroxyl groups excluding tert-OH is 1. The number of hydrogen-bond acceptors (Lipinski definition) is 1. The van der Waals surface area contributed by atoms with Gasteiger partial charge < -0.3 is 5.11 Å². The molecule has 1 nitrogen and oxygen atoms in total. The molecule has 58 valence electrons. The average molecular weight is 169 g/mol. The zero-order valence-corrected chi connectivity index (χ0v) is 6.80. The molecule has 0 aromatic heterocycles. The van der Waals surface area contributed by atoms with Gasteiger partial charge in [0.15, 0.2) is 0 Å². The summed E-state index contributed by atoms with van der Waals surface area (Å²) in [5, 5.41) is 10.2. The molecule has 1 atom stereocenters. The van der Waals surface area contributed by atoms with Crippen LogP contribution in [0.5, 0.6) is 0 Å². The van der Waals surface area contributed by atoms with Gasteiger partial charge in [-0.2, -0.15) is 0 Å². The lowest BCUT2D eigenvalue weighted by Gasteiger charge is -2.03. The van der Waals surface area contributed by atoms with Gasteiger partial charge in [-0.05, 0) is 30.0 Å². The van der Waals surface area contributed by atoms with Crippen molar-refractivity contribution in [3.05, 3.63) is 34.3 Å². The van der Waals surface area contributed by atoms with Gasteiger partial charge in [0.1, 0.15) is 0 Å². The van der Waals surface area contributed by atoms with Gasteiger partial charge >= 0.3 is 0 Å². The molecule has 0 radical (unpaired) electrons. The van der Waals surface area contributed by atoms with Gasteiger partial charge in [-0.25, -0.2) is 0 Å². The molecule has 0 aliphatic heterocycles. The number of aliphatic hydroxyl groups is 1. The third kappa shape index (κ3) is 1.05. The average Bonchev–Trinajstić information content (AvgIpc) is 2.35. The Morgan fingerprint density at radius 2 is 2.27 bits per heavy atom. The van der Waals surface area contributed by atoms with E-state index < -0.39 is 0 Å². The van der Waals surface area contributed by atoms with Crippen LogP contribution < -0.4 is 0 Å². The number of hydrogen-bond donors (Lipinski definition) is 1. The highest BCUT2D eigenvalue weighted by atomic mass is 35.5. The van der Waals surface area contributed by atoms with Crippen molar-refractivity contribution < 1.29 is 5.11 Å². The van der Waals surface area contributed by atoms with E-state index in [0.29, 0.717) is 0 Å². The first-order chi connectivity index (χ1) is 5.29. The normalized spacial score (nSPS) is 21.8. The van der Waals surface area contributed by atoms with E-state index in [1.54, 1.807) is 0 Å². The minimum atomic E-state index is -0.288. The van der Waals surface area contributed by atoms with E-state index in [1.165, 1.54) is 0 Å². The van der Waals surface area contributed by atoms with Crippen molar-refractivity contribution >= 4 is 11.6 Å². The highest BCUT2D eigenvalue weighted by Gasteiger charge is 2.21. The van der Waals surface area contributed by atoms with E-state index in [0.717, 1.165) is 29.0 Å². The SMILES string of the molecule is O[C@@H]1CCc2c(Cl)cccc21. The Bertz CT molecular complexity index is 283. The summed E-state index contributed by atoms with van der Waals surface area (Å²) in [5.41, 5.74) is 2.14. The topological polar surface area (TPSA) is 20.2 Å². The summed E-state index contributed by atoms with van der Waals surface area (Å²) in [7, 11) is 0. The molecule has 2 heteroatoms. The fraction of sp³-hybridized carbons (Fsp3) is 0.333. The summed E-state index contributed by atoms with van der Waals surface area (Å²) < 4.78 is 0. The number of benzene rings is 1. The molecule has 0 spiro atoms. The summed E-state index contributed by atoms with van der Waals surface area (Å²) in [6.45, 7) is 0. The predicted octanol–water partition coefficient (Wildman–Crippen LogP) is 2.32. The second-order valence-corrected chi connectivity index (χ2v) is 3.27. The molecule has 0 heterocycles. The molecule has 1 aliphatic carbocycles. The Morgan fingerprint density at radius 3 is 3.00 bits per heavy atom. The minimum absolute atomic E-state index is 0.288. The molecule has 1 aromatic rings. The van der Waals surface area contributed by atoms with Gasteiger partial charge in [-0.3, -0.25) is 0 Å². The number of rotatable bonds is 0. The Labute approximate surface area is 70.6 Å². The summed E-state index contributed by atoms with van der Waals surface area (Å²) in [4.78, 5) is 0. The van der Waals surface area contributed by atoms with Crippen molar-refractivity contribution in [1.82, 2.24) is 0 Å².